The molecule has 0 bridgehead atoms. The van der Waals surface area contributed by atoms with Crippen molar-refractivity contribution in [3.05, 3.63) is 39.9 Å². The third-order valence-electron chi connectivity index (χ3n) is 4.34. The maximum atomic E-state index is 11.2. The summed E-state index contributed by atoms with van der Waals surface area (Å²) in [6, 6.07) is 0. The summed E-state index contributed by atoms with van der Waals surface area (Å²) in [5.74, 6) is 0.371. The highest BCUT2D eigenvalue weighted by Gasteiger charge is 2.24. The Kier molecular flexibility index (Phi) is 5.52. The molecule has 128 valence electrons. The molecule has 3 rings (SSSR count). The summed E-state index contributed by atoms with van der Waals surface area (Å²) in [7, 11) is 0. The van der Waals surface area contributed by atoms with E-state index in [0.29, 0.717) is 12.5 Å². The zero-order valence-corrected chi connectivity index (χ0v) is 15.0. The molecule has 0 atom stereocenters. The summed E-state index contributed by atoms with van der Waals surface area (Å²) in [6.07, 6.45) is 5.57. The van der Waals surface area contributed by atoms with Crippen molar-refractivity contribution >= 4 is 17.2 Å². The van der Waals surface area contributed by atoms with E-state index < -0.39 is 0 Å². The van der Waals surface area contributed by atoms with Crippen molar-refractivity contribution in [2.45, 2.75) is 45.7 Å². The van der Waals surface area contributed by atoms with Gasteiger partial charge in [-0.2, -0.15) is 0 Å². The molecule has 2 aromatic rings. The van der Waals surface area contributed by atoms with Crippen molar-refractivity contribution in [2.75, 3.05) is 13.1 Å². The van der Waals surface area contributed by atoms with Crippen LogP contribution in [-0.4, -0.2) is 38.8 Å². The van der Waals surface area contributed by atoms with Crippen molar-refractivity contribution < 1.29 is 4.79 Å². The number of rotatable bonds is 5. The van der Waals surface area contributed by atoms with Crippen LogP contribution in [0.1, 0.15) is 47.8 Å². The summed E-state index contributed by atoms with van der Waals surface area (Å²) in [5.41, 5.74) is 3.10. The Balaban J connectivity index is 1.59. The molecule has 0 spiro atoms. The minimum absolute atomic E-state index is 0.0417. The number of amides is 1. The molecule has 6 nitrogen and oxygen atoms in total. The molecule has 2 aromatic heterocycles. The van der Waals surface area contributed by atoms with Crippen molar-refractivity contribution in [2.24, 2.45) is 0 Å². The average molecular weight is 345 g/mol. The smallest absolute Gasteiger partial charge is 0.217 e. The molecule has 0 saturated carbocycles. The van der Waals surface area contributed by atoms with Gasteiger partial charge in [-0.3, -0.25) is 19.7 Å². The van der Waals surface area contributed by atoms with Crippen LogP contribution in [0.25, 0.3) is 0 Å². The summed E-state index contributed by atoms with van der Waals surface area (Å²) in [5, 5.41) is 6.10. The van der Waals surface area contributed by atoms with Gasteiger partial charge in [0.25, 0.3) is 0 Å². The number of likely N-dealkylation sites (tertiary alicyclic amines) is 1. The predicted octanol–water partition coefficient (Wildman–Crippen LogP) is 2.26. The first-order chi connectivity index (χ1) is 11.6. The molecule has 0 aliphatic carbocycles. The molecular formula is C17H23N5OS. The van der Waals surface area contributed by atoms with Crippen molar-refractivity contribution in [3.8, 4) is 0 Å². The molecule has 1 fully saturated rings. The van der Waals surface area contributed by atoms with E-state index in [1.165, 1.54) is 12.6 Å². The molecule has 3 heterocycles. The number of nitrogens with one attached hydrogen (secondary N) is 1. The van der Waals surface area contributed by atoms with E-state index in [2.05, 4.69) is 30.5 Å². The number of hydrogen-bond donors (Lipinski definition) is 1. The monoisotopic (exact) mass is 345 g/mol. The van der Waals surface area contributed by atoms with E-state index >= 15 is 0 Å². The summed E-state index contributed by atoms with van der Waals surface area (Å²) in [6.45, 7) is 7.03. The van der Waals surface area contributed by atoms with Crippen LogP contribution in [0.5, 0.6) is 0 Å². The number of thiazole rings is 1. The van der Waals surface area contributed by atoms with E-state index in [1.807, 2.05) is 6.92 Å². The van der Waals surface area contributed by atoms with Gasteiger partial charge in [-0.1, -0.05) is 0 Å². The van der Waals surface area contributed by atoms with E-state index in [4.69, 9.17) is 0 Å². The van der Waals surface area contributed by atoms with Gasteiger partial charge in [0.2, 0.25) is 5.91 Å². The number of piperidine rings is 1. The highest BCUT2D eigenvalue weighted by Crippen LogP contribution is 2.29. The Hall–Kier alpha value is -1.86. The molecule has 1 aliphatic heterocycles. The van der Waals surface area contributed by atoms with Crippen LogP contribution in [0.4, 0.5) is 0 Å². The SMILES string of the molecule is CC(=O)NCc1nccnc1C1CCN(Cc2csc(C)n2)CC1. The van der Waals surface area contributed by atoms with Gasteiger partial charge in [-0.15, -0.1) is 11.3 Å². The van der Waals surface area contributed by atoms with Crippen LogP contribution >= 0.6 is 11.3 Å². The standard InChI is InChI=1S/C17H23N5OS/c1-12(23)20-9-16-17(19-6-5-18-16)14-3-7-22(8-4-14)10-15-11-24-13(2)21-15/h5-6,11,14H,3-4,7-10H2,1-2H3,(H,20,23). The van der Waals surface area contributed by atoms with Crippen LogP contribution in [0, 0.1) is 6.92 Å². The van der Waals surface area contributed by atoms with Crippen LogP contribution < -0.4 is 5.32 Å². The summed E-state index contributed by atoms with van der Waals surface area (Å²) in [4.78, 5) is 27.1. The van der Waals surface area contributed by atoms with Crippen LogP contribution in [-0.2, 0) is 17.9 Å². The molecule has 1 aliphatic rings. The van der Waals surface area contributed by atoms with Crippen LogP contribution in [0.15, 0.2) is 17.8 Å². The lowest BCUT2D eigenvalue weighted by atomic mass is 9.92. The average Bonchev–Trinajstić information content (AvgIpc) is 2.99. The topological polar surface area (TPSA) is 71.0 Å². The Bertz CT molecular complexity index is 694. The lowest BCUT2D eigenvalue weighted by molar-refractivity contribution is -0.119. The lowest BCUT2D eigenvalue weighted by Crippen LogP contribution is -2.33. The molecule has 0 aromatic carbocycles. The third kappa shape index (κ3) is 4.36. The number of hydrogen-bond acceptors (Lipinski definition) is 6. The number of carbonyl (C=O) groups excluding carboxylic acids is 1. The maximum absolute atomic E-state index is 11.2. The molecule has 7 heteroatoms. The Morgan fingerprint density at radius 1 is 1.33 bits per heavy atom. The highest BCUT2D eigenvalue weighted by atomic mass is 32.1. The zero-order chi connectivity index (χ0) is 16.9. The van der Waals surface area contributed by atoms with E-state index in [1.54, 1.807) is 23.7 Å². The van der Waals surface area contributed by atoms with E-state index in [9.17, 15) is 4.79 Å². The Morgan fingerprint density at radius 2 is 2.08 bits per heavy atom. The minimum Gasteiger partial charge on any atom is -0.351 e. The number of carbonyl (C=O) groups is 1. The van der Waals surface area contributed by atoms with Gasteiger partial charge in [-0.05, 0) is 32.9 Å². The second-order valence-electron chi connectivity index (χ2n) is 6.21. The minimum atomic E-state index is -0.0417. The molecule has 24 heavy (non-hydrogen) atoms. The van der Waals surface area contributed by atoms with Gasteiger partial charge in [0.1, 0.15) is 0 Å². The van der Waals surface area contributed by atoms with Crippen molar-refractivity contribution in [1.82, 2.24) is 25.2 Å². The molecule has 0 unspecified atom stereocenters. The second kappa shape index (κ2) is 7.81. The second-order valence-corrected chi connectivity index (χ2v) is 7.27. The summed E-state index contributed by atoms with van der Waals surface area (Å²) >= 11 is 1.71. The van der Waals surface area contributed by atoms with Gasteiger partial charge in [0.15, 0.2) is 0 Å². The largest absolute Gasteiger partial charge is 0.351 e. The number of aryl methyl sites for hydroxylation is 1. The Labute approximate surface area is 146 Å². The first-order valence-corrected chi connectivity index (χ1v) is 9.17. The first-order valence-electron chi connectivity index (χ1n) is 8.29. The number of nitrogens with zero attached hydrogens (tertiary/aromatic N) is 4. The van der Waals surface area contributed by atoms with Crippen LogP contribution in [0.2, 0.25) is 0 Å². The van der Waals surface area contributed by atoms with E-state index in [0.717, 1.165) is 48.9 Å². The summed E-state index contributed by atoms with van der Waals surface area (Å²) < 4.78 is 0. The quantitative estimate of drug-likeness (QED) is 0.900. The van der Waals surface area contributed by atoms with Crippen molar-refractivity contribution in [3.63, 3.8) is 0 Å². The fourth-order valence-electron chi connectivity index (χ4n) is 3.14. The third-order valence-corrected chi connectivity index (χ3v) is 5.16. The van der Waals surface area contributed by atoms with Crippen LogP contribution in [0.3, 0.4) is 0 Å². The molecule has 1 saturated heterocycles. The number of aromatic nitrogens is 3. The zero-order valence-electron chi connectivity index (χ0n) is 14.2. The van der Waals surface area contributed by atoms with Gasteiger partial charge in [0, 0.05) is 37.2 Å². The fraction of sp³-hybridized carbons (Fsp3) is 0.529. The fourth-order valence-corrected chi connectivity index (χ4v) is 3.74. The predicted molar refractivity (Wildman–Crippen MR) is 93.7 cm³/mol. The molecular weight excluding hydrogens is 322 g/mol. The Morgan fingerprint density at radius 3 is 2.75 bits per heavy atom. The van der Waals surface area contributed by atoms with E-state index in [-0.39, 0.29) is 5.91 Å². The molecule has 1 N–H and O–H groups in total. The van der Waals surface area contributed by atoms with Gasteiger partial charge >= 0.3 is 0 Å². The maximum Gasteiger partial charge on any atom is 0.217 e. The van der Waals surface area contributed by atoms with Crippen molar-refractivity contribution in [1.29, 1.82) is 0 Å². The van der Waals surface area contributed by atoms with Gasteiger partial charge < -0.3 is 5.32 Å². The first kappa shape index (κ1) is 17.0. The molecule has 0 radical (unpaired) electrons. The normalized spacial score (nSPS) is 16.2. The van der Waals surface area contributed by atoms with Gasteiger partial charge in [-0.25, -0.2) is 4.98 Å². The lowest BCUT2D eigenvalue weighted by Gasteiger charge is -2.31. The highest BCUT2D eigenvalue weighted by molar-refractivity contribution is 7.09. The van der Waals surface area contributed by atoms with Gasteiger partial charge in [0.05, 0.1) is 28.6 Å². The molecule has 1 amide bonds.